The van der Waals surface area contributed by atoms with E-state index in [-0.39, 0.29) is 5.04 Å². The van der Waals surface area contributed by atoms with E-state index < -0.39 is 8.32 Å². The van der Waals surface area contributed by atoms with Crippen LogP contribution >= 0.6 is 0 Å². The lowest BCUT2D eigenvalue weighted by Crippen LogP contribution is -2.41. The van der Waals surface area contributed by atoms with Crippen LogP contribution in [0.4, 0.5) is 5.82 Å². The molecule has 2 N–H and O–H groups in total. The molecule has 5 nitrogen and oxygen atoms in total. The minimum atomic E-state index is -1.74. The molecule has 0 unspecified atom stereocenters. The normalized spacial score (nSPS) is 12.0. The number of rotatable bonds is 8. The first-order chi connectivity index (χ1) is 14.7. The van der Waals surface area contributed by atoms with Crippen LogP contribution < -0.4 is 10.5 Å². The minimum Gasteiger partial charge on any atom is -0.491 e. The van der Waals surface area contributed by atoms with Gasteiger partial charge in [-0.3, -0.25) is 0 Å². The van der Waals surface area contributed by atoms with Crippen LogP contribution in [0.3, 0.4) is 0 Å². The lowest BCUT2D eigenvalue weighted by atomic mass is 10.1. The minimum absolute atomic E-state index is 0.203. The molecule has 2 aromatic carbocycles. The Bertz CT molecular complexity index is 984. The van der Waals surface area contributed by atoms with Crippen LogP contribution in [0.2, 0.25) is 18.1 Å². The number of benzene rings is 2. The molecule has 0 spiro atoms. The van der Waals surface area contributed by atoms with Gasteiger partial charge in [-0.05, 0) is 48.0 Å². The number of ether oxygens (including phenoxy) is 1. The van der Waals surface area contributed by atoms with E-state index in [2.05, 4.69) is 51.0 Å². The molecule has 0 fully saturated rings. The molecule has 3 rings (SSSR count). The predicted molar refractivity (Wildman–Crippen MR) is 130 cm³/mol. The Morgan fingerprint density at radius 1 is 0.935 bits per heavy atom. The fraction of sp³-hybridized carbons (Fsp3) is 0.360. The predicted octanol–water partition coefficient (Wildman–Crippen LogP) is 5.72. The molecular formula is C25H33N3O2Si. The van der Waals surface area contributed by atoms with Crippen LogP contribution in [0.15, 0.2) is 60.8 Å². The summed E-state index contributed by atoms with van der Waals surface area (Å²) in [4.78, 5) is 9.10. The van der Waals surface area contributed by atoms with E-state index in [1.165, 1.54) is 0 Å². The van der Waals surface area contributed by atoms with E-state index in [1.807, 2.05) is 42.5 Å². The second kappa shape index (κ2) is 9.62. The first-order valence-electron chi connectivity index (χ1n) is 10.7. The molecule has 6 heteroatoms. The van der Waals surface area contributed by atoms with Gasteiger partial charge in [0.05, 0.1) is 24.2 Å². The number of aromatic nitrogens is 2. The Hall–Kier alpha value is -2.70. The highest BCUT2D eigenvalue weighted by Crippen LogP contribution is 2.36. The van der Waals surface area contributed by atoms with Crippen molar-refractivity contribution in [1.82, 2.24) is 9.97 Å². The maximum absolute atomic E-state index is 6.17. The van der Waals surface area contributed by atoms with Gasteiger partial charge in [0.1, 0.15) is 18.2 Å². The van der Waals surface area contributed by atoms with E-state index >= 15 is 0 Å². The second-order valence-electron chi connectivity index (χ2n) is 9.23. The Labute approximate surface area is 186 Å². The van der Waals surface area contributed by atoms with E-state index in [4.69, 9.17) is 19.9 Å². The molecule has 1 aromatic heterocycles. The van der Waals surface area contributed by atoms with E-state index in [9.17, 15) is 0 Å². The fourth-order valence-corrected chi connectivity index (χ4v) is 3.92. The molecule has 0 aliphatic rings. The first-order valence-corrected chi connectivity index (χ1v) is 13.6. The number of nitrogens with two attached hydrogens (primary N) is 1. The second-order valence-corrected chi connectivity index (χ2v) is 14.0. The van der Waals surface area contributed by atoms with E-state index in [1.54, 1.807) is 6.20 Å². The number of hydrogen-bond acceptors (Lipinski definition) is 5. The zero-order valence-electron chi connectivity index (χ0n) is 19.2. The Morgan fingerprint density at radius 2 is 1.61 bits per heavy atom. The van der Waals surface area contributed by atoms with Gasteiger partial charge in [0.25, 0.3) is 0 Å². The summed E-state index contributed by atoms with van der Waals surface area (Å²) in [6, 6.07) is 18.1. The first kappa shape index (κ1) is 23.0. The maximum atomic E-state index is 6.17. The smallest absolute Gasteiger partial charge is 0.192 e. The zero-order valence-corrected chi connectivity index (χ0v) is 20.2. The summed E-state index contributed by atoms with van der Waals surface area (Å²) >= 11 is 0. The average molecular weight is 436 g/mol. The molecule has 0 saturated heterocycles. The number of hydrogen-bond donors (Lipinski definition) is 1. The van der Waals surface area contributed by atoms with Crippen molar-refractivity contribution in [2.24, 2.45) is 0 Å². The van der Waals surface area contributed by atoms with Crippen LogP contribution in [0, 0.1) is 0 Å². The molecule has 31 heavy (non-hydrogen) atoms. The lowest BCUT2D eigenvalue weighted by Gasteiger charge is -2.36. The molecule has 0 bridgehead atoms. The highest BCUT2D eigenvalue weighted by Gasteiger charge is 2.36. The Kier molecular flexibility index (Phi) is 7.13. The summed E-state index contributed by atoms with van der Waals surface area (Å²) in [6.07, 6.45) is 2.37. The topological polar surface area (TPSA) is 70.3 Å². The van der Waals surface area contributed by atoms with Gasteiger partial charge >= 0.3 is 0 Å². The van der Waals surface area contributed by atoms with Gasteiger partial charge in [0.2, 0.25) is 0 Å². The lowest BCUT2D eigenvalue weighted by molar-refractivity contribution is 0.203. The molecular weight excluding hydrogens is 402 g/mol. The fourth-order valence-electron chi connectivity index (χ4n) is 2.89. The summed E-state index contributed by atoms with van der Waals surface area (Å²) in [7, 11) is -1.74. The zero-order chi connectivity index (χ0) is 22.5. The largest absolute Gasteiger partial charge is 0.491 e. The quantitative estimate of drug-likeness (QED) is 0.362. The van der Waals surface area contributed by atoms with E-state index in [0.29, 0.717) is 25.5 Å². The van der Waals surface area contributed by atoms with Crippen molar-refractivity contribution in [3.05, 3.63) is 72.1 Å². The summed E-state index contributed by atoms with van der Waals surface area (Å²) in [5.74, 6) is 1.28. The van der Waals surface area contributed by atoms with Crippen LogP contribution in [-0.2, 0) is 10.8 Å². The van der Waals surface area contributed by atoms with Gasteiger partial charge in [-0.25, -0.2) is 9.97 Å². The van der Waals surface area contributed by atoms with Crippen molar-refractivity contribution in [3.63, 3.8) is 0 Å². The van der Waals surface area contributed by atoms with Gasteiger partial charge in [0, 0.05) is 12.0 Å². The Morgan fingerprint density at radius 3 is 2.26 bits per heavy atom. The monoisotopic (exact) mass is 435 g/mol. The Balaban J connectivity index is 1.60. The van der Waals surface area contributed by atoms with Crippen LogP contribution in [0.5, 0.6) is 5.75 Å². The van der Waals surface area contributed by atoms with Crippen molar-refractivity contribution >= 4 is 14.1 Å². The molecule has 0 atom stereocenters. The highest BCUT2D eigenvalue weighted by molar-refractivity contribution is 6.74. The van der Waals surface area contributed by atoms with Crippen LogP contribution in [-0.4, -0.2) is 31.5 Å². The third-order valence-electron chi connectivity index (χ3n) is 5.86. The maximum Gasteiger partial charge on any atom is 0.192 e. The summed E-state index contributed by atoms with van der Waals surface area (Å²) in [5.41, 5.74) is 9.78. The summed E-state index contributed by atoms with van der Waals surface area (Å²) in [6.45, 7) is 12.4. The van der Waals surface area contributed by atoms with Gasteiger partial charge in [-0.1, -0.05) is 51.1 Å². The van der Waals surface area contributed by atoms with Gasteiger partial charge in [-0.15, -0.1) is 0 Å². The third kappa shape index (κ3) is 6.15. The summed E-state index contributed by atoms with van der Waals surface area (Å²) in [5, 5.41) is 0.203. The molecule has 3 aromatic rings. The van der Waals surface area contributed by atoms with Crippen LogP contribution in [0.25, 0.3) is 11.3 Å². The standard InChI is InChI=1S/C25H33N3O2Si/c1-25(2,3)31(4,5)30-16-15-29-21-13-11-20(12-14-21)23-18-27-24(26)22(28-23)17-19-9-7-6-8-10-19/h6-14,18H,15-17H2,1-5H3,(H2,26,27). The summed E-state index contributed by atoms with van der Waals surface area (Å²) < 4.78 is 12.0. The van der Waals surface area contributed by atoms with Crippen molar-refractivity contribution < 1.29 is 9.16 Å². The molecule has 1 heterocycles. The van der Waals surface area contributed by atoms with Crippen molar-refractivity contribution in [2.45, 2.75) is 45.3 Å². The van der Waals surface area contributed by atoms with Gasteiger partial charge in [-0.2, -0.15) is 0 Å². The third-order valence-corrected chi connectivity index (χ3v) is 10.4. The van der Waals surface area contributed by atoms with Crippen molar-refractivity contribution in [3.8, 4) is 17.0 Å². The average Bonchev–Trinajstić information content (AvgIpc) is 2.73. The van der Waals surface area contributed by atoms with Gasteiger partial charge in [0.15, 0.2) is 8.32 Å². The molecule has 0 saturated carbocycles. The number of anilines is 1. The molecule has 164 valence electrons. The molecule has 0 aliphatic carbocycles. The van der Waals surface area contributed by atoms with Crippen LogP contribution in [0.1, 0.15) is 32.0 Å². The number of nitrogens with zero attached hydrogens (tertiary/aromatic N) is 2. The SMILES string of the molecule is CC(C)(C)[Si](C)(C)OCCOc1ccc(-c2cnc(N)c(Cc3ccccc3)n2)cc1. The highest BCUT2D eigenvalue weighted by atomic mass is 28.4. The molecule has 0 radical (unpaired) electrons. The van der Waals surface area contributed by atoms with Gasteiger partial charge < -0.3 is 14.9 Å². The van der Waals surface area contributed by atoms with E-state index in [0.717, 1.165) is 28.3 Å². The van der Waals surface area contributed by atoms with Crippen molar-refractivity contribution in [1.29, 1.82) is 0 Å². The molecule has 0 aliphatic heterocycles. The molecule has 0 amide bonds. The number of nitrogen functional groups attached to an aromatic ring is 1. The van der Waals surface area contributed by atoms with Crippen molar-refractivity contribution in [2.75, 3.05) is 18.9 Å².